The molecule has 1 amide bonds. The van der Waals surface area contributed by atoms with Crippen LogP contribution in [-0.2, 0) is 0 Å². The van der Waals surface area contributed by atoms with E-state index in [9.17, 15) is 4.79 Å². The van der Waals surface area contributed by atoms with Crippen LogP contribution in [-0.4, -0.2) is 22.8 Å². The molecule has 1 atom stereocenters. The summed E-state index contributed by atoms with van der Waals surface area (Å²) in [6.45, 7) is 6.76. The third kappa shape index (κ3) is 4.69. The standard InChI is InChI=1S/C13H21BrN2OS/c1-4-5-11(6-7-14)8-15-13(17)12-9(2)16-10(3)18-12/h11H,4-8H2,1-3H3,(H,15,17). The van der Waals surface area contributed by atoms with Gasteiger partial charge in [-0.1, -0.05) is 29.3 Å². The molecule has 5 heteroatoms. The van der Waals surface area contributed by atoms with Crippen LogP contribution in [0, 0.1) is 19.8 Å². The van der Waals surface area contributed by atoms with E-state index in [1.54, 1.807) is 0 Å². The van der Waals surface area contributed by atoms with Crippen LogP contribution in [0.25, 0.3) is 0 Å². The molecular weight excluding hydrogens is 312 g/mol. The van der Waals surface area contributed by atoms with Gasteiger partial charge < -0.3 is 5.32 Å². The van der Waals surface area contributed by atoms with Crippen molar-refractivity contribution in [3.63, 3.8) is 0 Å². The van der Waals surface area contributed by atoms with E-state index in [2.05, 4.69) is 33.2 Å². The maximum absolute atomic E-state index is 12.0. The highest BCUT2D eigenvalue weighted by Crippen LogP contribution is 2.17. The van der Waals surface area contributed by atoms with E-state index < -0.39 is 0 Å². The molecule has 1 unspecified atom stereocenters. The van der Waals surface area contributed by atoms with Crippen molar-refractivity contribution in [2.45, 2.75) is 40.0 Å². The van der Waals surface area contributed by atoms with Crippen molar-refractivity contribution in [1.29, 1.82) is 0 Å². The average molecular weight is 333 g/mol. The summed E-state index contributed by atoms with van der Waals surface area (Å²) < 4.78 is 0. The van der Waals surface area contributed by atoms with Crippen LogP contribution in [0.2, 0.25) is 0 Å². The summed E-state index contributed by atoms with van der Waals surface area (Å²) in [5.41, 5.74) is 0.836. The first kappa shape index (κ1) is 15.6. The lowest BCUT2D eigenvalue weighted by Gasteiger charge is -2.15. The molecule has 0 fully saturated rings. The molecule has 0 saturated carbocycles. The molecule has 18 heavy (non-hydrogen) atoms. The number of hydrogen-bond donors (Lipinski definition) is 1. The smallest absolute Gasteiger partial charge is 0.263 e. The summed E-state index contributed by atoms with van der Waals surface area (Å²) in [7, 11) is 0. The Morgan fingerprint density at radius 1 is 1.44 bits per heavy atom. The van der Waals surface area contributed by atoms with Crippen molar-refractivity contribution in [3.05, 3.63) is 15.6 Å². The van der Waals surface area contributed by atoms with Gasteiger partial charge in [-0.05, 0) is 32.6 Å². The molecule has 0 aliphatic carbocycles. The Kier molecular flexibility index (Phi) is 6.86. The first-order valence-electron chi connectivity index (χ1n) is 6.36. The van der Waals surface area contributed by atoms with E-state index in [1.165, 1.54) is 11.3 Å². The van der Waals surface area contributed by atoms with Gasteiger partial charge in [-0.2, -0.15) is 0 Å². The number of hydrogen-bond acceptors (Lipinski definition) is 3. The first-order valence-corrected chi connectivity index (χ1v) is 8.30. The van der Waals surface area contributed by atoms with Gasteiger partial charge in [-0.15, -0.1) is 11.3 Å². The average Bonchev–Trinajstić information content (AvgIpc) is 2.65. The lowest BCUT2D eigenvalue weighted by molar-refractivity contribution is 0.0949. The van der Waals surface area contributed by atoms with Gasteiger partial charge in [0.1, 0.15) is 4.88 Å². The molecule has 1 aromatic heterocycles. The summed E-state index contributed by atoms with van der Waals surface area (Å²) in [6.07, 6.45) is 3.42. The summed E-state index contributed by atoms with van der Waals surface area (Å²) in [4.78, 5) is 17.1. The first-order chi connectivity index (χ1) is 8.58. The molecular formula is C13H21BrN2OS. The number of aryl methyl sites for hydroxylation is 2. The molecule has 0 spiro atoms. The molecule has 0 aliphatic heterocycles. The number of nitrogens with zero attached hydrogens (tertiary/aromatic N) is 1. The van der Waals surface area contributed by atoms with Gasteiger partial charge in [-0.25, -0.2) is 4.98 Å². The second-order valence-electron chi connectivity index (χ2n) is 4.49. The highest BCUT2D eigenvalue weighted by molar-refractivity contribution is 9.09. The number of nitrogens with one attached hydrogen (secondary N) is 1. The Hall–Kier alpha value is -0.420. The Balaban J connectivity index is 2.51. The van der Waals surface area contributed by atoms with Gasteiger partial charge in [0.05, 0.1) is 10.7 Å². The summed E-state index contributed by atoms with van der Waals surface area (Å²) in [5.74, 6) is 0.585. The van der Waals surface area contributed by atoms with Gasteiger partial charge in [-0.3, -0.25) is 4.79 Å². The van der Waals surface area contributed by atoms with Crippen LogP contribution in [0.5, 0.6) is 0 Å². The minimum absolute atomic E-state index is 0.0220. The Bertz CT molecular complexity index is 386. The van der Waals surface area contributed by atoms with Crippen LogP contribution in [0.3, 0.4) is 0 Å². The number of halogens is 1. The molecule has 0 saturated heterocycles. The van der Waals surface area contributed by atoms with Crippen LogP contribution in [0.4, 0.5) is 0 Å². The predicted molar refractivity (Wildman–Crippen MR) is 80.7 cm³/mol. The van der Waals surface area contributed by atoms with E-state index in [-0.39, 0.29) is 5.91 Å². The predicted octanol–water partition coefficient (Wildman–Crippen LogP) is 3.69. The van der Waals surface area contributed by atoms with E-state index in [0.717, 1.165) is 46.7 Å². The number of thiazole rings is 1. The highest BCUT2D eigenvalue weighted by atomic mass is 79.9. The largest absolute Gasteiger partial charge is 0.351 e. The van der Waals surface area contributed by atoms with Crippen LogP contribution < -0.4 is 5.32 Å². The van der Waals surface area contributed by atoms with Crippen molar-refractivity contribution < 1.29 is 4.79 Å². The van der Waals surface area contributed by atoms with Gasteiger partial charge in [0.15, 0.2) is 0 Å². The van der Waals surface area contributed by atoms with Crippen molar-refractivity contribution in [1.82, 2.24) is 10.3 Å². The lowest BCUT2D eigenvalue weighted by atomic mass is 10.0. The van der Waals surface area contributed by atoms with Crippen LogP contribution >= 0.6 is 27.3 Å². The Morgan fingerprint density at radius 3 is 2.67 bits per heavy atom. The maximum atomic E-state index is 12.0. The number of alkyl halides is 1. The van der Waals surface area contributed by atoms with E-state index in [1.807, 2.05) is 13.8 Å². The summed E-state index contributed by atoms with van der Waals surface area (Å²) in [5, 5.41) is 4.97. The minimum atomic E-state index is 0.0220. The number of carbonyl (C=O) groups is 1. The van der Waals surface area contributed by atoms with E-state index in [0.29, 0.717) is 5.92 Å². The van der Waals surface area contributed by atoms with Crippen LogP contribution in [0.15, 0.2) is 0 Å². The van der Waals surface area contributed by atoms with Gasteiger partial charge in [0.2, 0.25) is 0 Å². The molecule has 0 aromatic carbocycles. The molecule has 0 aliphatic rings. The molecule has 1 heterocycles. The third-order valence-corrected chi connectivity index (χ3v) is 4.40. The number of aromatic nitrogens is 1. The third-order valence-electron chi connectivity index (χ3n) is 2.88. The molecule has 102 valence electrons. The highest BCUT2D eigenvalue weighted by Gasteiger charge is 2.15. The second kappa shape index (κ2) is 7.89. The minimum Gasteiger partial charge on any atom is -0.351 e. The number of rotatable bonds is 7. The lowest BCUT2D eigenvalue weighted by Crippen LogP contribution is -2.29. The van der Waals surface area contributed by atoms with Crippen molar-refractivity contribution in [2.24, 2.45) is 5.92 Å². The fraction of sp³-hybridized carbons (Fsp3) is 0.692. The number of amides is 1. The van der Waals surface area contributed by atoms with Crippen LogP contribution in [0.1, 0.15) is 46.6 Å². The SMILES string of the molecule is CCCC(CCBr)CNC(=O)c1sc(C)nc1C. The maximum Gasteiger partial charge on any atom is 0.263 e. The monoisotopic (exact) mass is 332 g/mol. The van der Waals surface area contributed by atoms with Gasteiger partial charge >= 0.3 is 0 Å². The quantitative estimate of drug-likeness (QED) is 0.773. The van der Waals surface area contributed by atoms with Crippen molar-refractivity contribution in [3.8, 4) is 0 Å². The zero-order valence-electron chi connectivity index (χ0n) is 11.3. The molecule has 1 aromatic rings. The second-order valence-corrected chi connectivity index (χ2v) is 6.49. The van der Waals surface area contributed by atoms with E-state index in [4.69, 9.17) is 0 Å². The molecule has 1 rings (SSSR count). The topological polar surface area (TPSA) is 42.0 Å². The van der Waals surface area contributed by atoms with Crippen molar-refractivity contribution in [2.75, 3.05) is 11.9 Å². The fourth-order valence-corrected chi connectivity index (χ4v) is 3.45. The Labute approximate surface area is 122 Å². The van der Waals surface area contributed by atoms with Gasteiger partial charge in [0, 0.05) is 11.9 Å². The fourth-order valence-electron chi connectivity index (χ4n) is 1.97. The zero-order valence-corrected chi connectivity index (χ0v) is 13.7. The molecule has 1 N–H and O–H groups in total. The summed E-state index contributed by atoms with van der Waals surface area (Å²) in [6, 6.07) is 0. The van der Waals surface area contributed by atoms with E-state index >= 15 is 0 Å². The molecule has 3 nitrogen and oxygen atoms in total. The molecule has 0 bridgehead atoms. The Morgan fingerprint density at radius 2 is 2.17 bits per heavy atom. The van der Waals surface area contributed by atoms with Gasteiger partial charge in [0.25, 0.3) is 5.91 Å². The zero-order chi connectivity index (χ0) is 13.5. The normalized spacial score (nSPS) is 12.4. The summed E-state index contributed by atoms with van der Waals surface area (Å²) >= 11 is 4.93. The number of carbonyl (C=O) groups excluding carboxylic acids is 1. The van der Waals surface area contributed by atoms with Crippen molar-refractivity contribution >= 4 is 33.2 Å². The molecule has 0 radical (unpaired) electrons.